The van der Waals surface area contributed by atoms with Gasteiger partial charge in [0.2, 0.25) is 5.91 Å². The highest BCUT2D eigenvalue weighted by molar-refractivity contribution is 5.78. The molecular weight excluding hydrogens is 280 g/mol. The minimum absolute atomic E-state index is 0.0634. The lowest BCUT2D eigenvalue weighted by molar-refractivity contribution is -0.131. The number of hydrogen-bond acceptors (Lipinski definition) is 3. The van der Waals surface area contributed by atoms with E-state index in [9.17, 15) is 9.59 Å². The van der Waals surface area contributed by atoms with Crippen molar-refractivity contribution in [3.8, 4) is 0 Å². The summed E-state index contributed by atoms with van der Waals surface area (Å²) in [5.41, 5.74) is 0. The van der Waals surface area contributed by atoms with E-state index in [1.165, 1.54) is 7.11 Å². The molecule has 0 aromatic carbocycles. The highest BCUT2D eigenvalue weighted by Gasteiger charge is 2.20. The normalized spacial score (nSPS) is 11.6. The molecule has 0 spiro atoms. The summed E-state index contributed by atoms with van der Waals surface area (Å²) in [6.07, 6.45) is 7.61. The van der Waals surface area contributed by atoms with Crippen LogP contribution >= 0.6 is 0 Å². The molecule has 1 atom stereocenters. The van der Waals surface area contributed by atoms with E-state index in [-0.39, 0.29) is 11.9 Å². The van der Waals surface area contributed by atoms with Crippen molar-refractivity contribution in [2.45, 2.75) is 64.8 Å². The van der Waals surface area contributed by atoms with Gasteiger partial charge in [0, 0.05) is 25.6 Å². The van der Waals surface area contributed by atoms with E-state index in [1.807, 2.05) is 4.90 Å². The van der Waals surface area contributed by atoms with Crippen LogP contribution in [0.5, 0.6) is 0 Å². The van der Waals surface area contributed by atoms with Gasteiger partial charge in [-0.05, 0) is 12.8 Å². The van der Waals surface area contributed by atoms with E-state index in [1.54, 1.807) is 6.08 Å². The van der Waals surface area contributed by atoms with E-state index in [4.69, 9.17) is 0 Å². The maximum Gasteiger partial charge on any atom is 0.407 e. The Balaban J connectivity index is 4.56. The van der Waals surface area contributed by atoms with E-state index >= 15 is 0 Å². The second-order valence-electron chi connectivity index (χ2n) is 5.51. The summed E-state index contributed by atoms with van der Waals surface area (Å²) < 4.78 is 4.64. The molecule has 0 saturated carbocycles. The van der Waals surface area contributed by atoms with Gasteiger partial charge in [0.25, 0.3) is 0 Å². The van der Waals surface area contributed by atoms with E-state index in [0.717, 1.165) is 45.1 Å². The molecule has 0 aliphatic carbocycles. The third-order valence-electron chi connectivity index (χ3n) is 3.57. The van der Waals surface area contributed by atoms with Crippen molar-refractivity contribution in [2.24, 2.45) is 0 Å². The maximum absolute atomic E-state index is 12.5. The molecule has 0 aliphatic rings. The molecule has 128 valence electrons. The van der Waals surface area contributed by atoms with Crippen LogP contribution in [0.2, 0.25) is 0 Å². The lowest BCUT2D eigenvalue weighted by Crippen LogP contribution is -2.41. The molecular formula is C17H32N2O3. The van der Waals surface area contributed by atoms with Crippen LogP contribution in [0.25, 0.3) is 0 Å². The fourth-order valence-corrected chi connectivity index (χ4v) is 2.27. The Morgan fingerprint density at radius 3 is 2.45 bits per heavy atom. The fourth-order valence-electron chi connectivity index (χ4n) is 2.27. The number of ether oxygens (including phenoxy) is 1. The zero-order chi connectivity index (χ0) is 16.8. The monoisotopic (exact) mass is 312 g/mol. The van der Waals surface area contributed by atoms with Gasteiger partial charge in [-0.25, -0.2) is 4.79 Å². The van der Waals surface area contributed by atoms with Crippen molar-refractivity contribution in [3.63, 3.8) is 0 Å². The van der Waals surface area contributed by atoms with Gasteiger partial charge in [-0.2, -0.15) is 0 Å². The van der Waals surface area contributed by atoms with Gasteiger partial charge in [-0.1, -0.05) is 45.6 Å². The van der Waals surface area contributed by atoms with Crippen LogP contribution in [0.4, 0.5) is 4.79 Å². The molecule has 0 heterocycles. The number of methoxy groups -OCH3 is 1. The van der Waals surface area contributed by atoms with Crippen molar-refractivity contribution < 1.29 is 14.3 Å². The van der Waals surface area contributed by atoms with Gasteiger partial charge in [-0.15, -0.1) is 6.58 Å². The number of unbranched alkanes of at least 4 members (excludes halogenated alkanes) is 3. The van der Waals surface area contributed by atoms with Crippen LogP contribution in [-0.2, 0) is 9.53 Å². The summed E-state index contributed by atoms with van der Waals surface area (Å²) in [7, 11) is 1.34. The molecule has 2 amide bonds. The van der Waals surface area contributed by atoms with Crippen LogP contribution in [0.15, 0.2) is 12.7 Å². The predicted molar refractivity (Wildman–Crippen MR) is 89.8 cm³/mol. The number of hydrogen-bond donors (Lipinski definition) is 1. The van der Waals surface area contributed by atoms with Crippen LogP contribution in [-0.4, -0.2) is 43.1 Å². The van der Waals surface area contributed by atoms with Gasteiger partial charge in [-0.3, -0.25) is 4.79 Å². The standard InChI is InChI=1S/C17H32N2O3/c1-5-8-10-13-19(12-7-3)16(20)14-15(11-9-6-2)18-17(21)22-4/h7,15H,3,5-6,8-14H2,1-2,4H3,(H,18,21). The smallest absolute Gasteiger partial charge is 0.407 e. The number of carbonyl (C=O) groups is 2. The molecule has 0 fully saturated rings. The Morgan fingerprint density at radius 2 is 1.91 bits per heavy atom. The number of alkyl carbamates (subject to hydrolysis) is 1. The van der Waals surface area contributed by atoms with Crippen molar-refractivity contribution in [1.82, 2.24) is 10.2 Å². The first-order chi connectivity index (χ1) is 10.6. The molecule has 1 unspecified atom stereocenters. The van der Waals surface area contributed by atoms with E-state index in [0.29, 0.717) is 13.0 Å². The largest absolute Gasteiger partial charge is 0.453 e. The summed E-state index contributed by atoms with van der Waals surface area (Å²) in [6, 6.07) is -0.168. The lowest BCUT2D eigenvalue weighted by atomic mass is 10.1. The zero-order valence-electron chi connectivity index (χ0n) is 14.4. The second-order valence-corrected chi connectivity index (χ2v) is 5.51. The molecule has 0 saturated heterocycles. The Bertz CT molecular complexity index is 332. The summed E-state index contributed by atoms with van der Waals surface area (Å²) in [6.45, 7) is 9.25. The van der Waals surface area contributed by atoms with Gasteiger partial charge in [0.15, 0.2) is 0 Å². The average molecular weight is 312 g/mol. The average Bonchev–Trinajstić information content (AvgIpc) is 2.51. The highest BCUT2D eigenvalue weighted by atomic mass is 16.5. The van der Waals surface area contributed by atoms with Gasteiger partial charge >= 0.3 is 6.09 Å². The molecule has 22 heavy (non-hydrogen) atoms. The lowest BCUT2D eigenvalue weighted by Gasteiger charge is -2.24. The Kier molecular flexibility index (Phi) is 12.3. The van der Waals surface area contributed by atoms with Crippen LogP contribution < -0.4 is 5.32 Å². The number of rotatable bonds is 12. The molecule has 0 aromatic rings. The van der Waals surface area contributed by atoms with Crippen molar-refractivity contribution >= 4 is 12.0 Å². The molecule has 0 rings (SSSR count). The van der Waals surface area contributed by atoms with E-state index in [2.05, 4.69) is 30.5 Å². The Hall–Kier alpha value is -1.52. The fraction of sp³-hybridized carbons (Fsp3) is 0.765. The van der Waals surface area contributed by atoms with Crippen LogP contribution in [0, 0.1) is 0 Å². The van der Waals surface area contributed by atoms with Crippen molar-refractivity contribution in [3.05, 3.63) is 12.7 Å². The molecule has 5 nitrogen and oxygen atoms in total. The van der Waals surface area contributed by atoms with Crippen LogP contribution in [0.3, 0.4) is 0 Å². The topological polar surface area (TPSA) is 58.6 Å². The first-order valence-electron chi connectivity index (χ1n) is 8.32. The molecule has 0 radical (unpaired) electrons. The SMILES string of the molecule is C=CCN(CCCCC)C(=O)CC(CCCC)NC(=O)OC. The molecule has 0 aliphatic heterocycles. The first-order valence-corrected chi connectivity index (χ1v) is 8.32. The zero-order valence-corrected chi connectivity index (χ0v) is 14.4. The highest BCUT2D eigenvalue weighted by Crippen LogP contribution is 2.09. The van der Waals surface area contributed by atoms with Crippen molar-refractivity contribution in [1.29, 1.82) is 0 Å². The first kappa shape index (κ1) is 20.5. The minimum Gasteiger partial charge on any atom is -0.453 e. The molecule has 0 bridgehead atoms. The molecule has 1 N–H and O–H groups in total. The molecule has 0 aromatic heterocycles. The summed E-state index contributed by atoms with van der Waals surface area (Å²) in [5.74, 6) is 0.0634. The molecule has 5 heteroatoms. The van der Waals surface area contributed by atoms with Gasteiger partial charge < -0.3 is 15.0 Å². The third-order valence-corrected chi connectivity index (χ3v) is 3.57. The minimum atomic E-state index is -0.477. The quantitative estimate of drug-likeness (QED) is 0.443. The number of carbonyl (C=O) groups excluding carboxylic acids is 2. The second kappa shape index (κ2) is 13.2. The summed E-state index contributed by atoms with van der Waals surface area (Å²) >= 11 is 0. The van der Waals surface area contributed by atoms with E-state index < -0.39 is 6.09 Å². The Morgan fingerprint density at radius 1 is 1.23 bits per heavy atom. The van der Waals surface area contributed by atoms with Crippen molar-refractivity contribution in [2.75, 3.05) is 20.2 Å². The number of nitrogens with zero attached hydrogens (tertiary/aromatic N) is 1. The predicted octanol–water partition coefficient (Wildman–Crippen LogP) is 3.50. The third kappa shape index (κ3) is 9.42. The summed E-state index contributed by atoms with van der Waals surface area (Å²) in [5, 5.41) is 2.76. The Labute approximate surface area is 135 Å². The van der Waals surface area contributed by atoms with Gasteiger partial charge in [0.05, 0.1) is 7.11 Å². The van der Waals surface area contributed by atoms with Gasteiger partial charge in [0.1, 0.15) is 0 Å². The number of amides is 2. The number of nitrogens with one attached hydrogen (secondary N) is 1. The maximum atomic E-state index is 12.5. The summed E-state index contributed by atoms with van der Waals surface area (Å²) in [4.78, 5) is 25.7. The van der Waals surface area contributed by atoms with Crippen LogP contribution in [0.1, 0.15) is 58.8 Å².